The first-order chi connectivity index (χ1) is 8.40. The molecule has 1 unspecified atom stereocenters. The lowest BCUT2D eigenvalue weighted by Gasteiger charge is -2.20. The van der Waals surface area contributed by atoms with Crippen LogP contribution in [0.25, 0.3) is 0 Å². The standard InChI is InChI=1S/C12H12ClNO4/c1-12(16,11(15)17-2)7-18-9-4-3-8(6-14)10(13)5-9/h3-5,16H,7H2,1-2H3. The van der Waals surface area contributed by atoms with E-state index in [-0.39, 0.29) is 11.6 Å². The zero-order valence-electron chi connectivity index (χ0n) is 9.94. The first-order valence-electron chi connectivity index (χ1n) is 5.04. The largest absolute Gasteiger partial charge is 0.490 e. The second-order valence-corrected chi connectivity index (χ2v) is 4.21. The first kappa shape index (κ1) is 14.3. The van der Waals surface area contributed by atoms with Crippen molar-refractivity contribution >= 4 is 17.6 Å². The van der Waals surface area contributed by atoms with E-state index in [4.69, 9.17) is 21.6 Å². The van der Waals surface area contributed by atoms with Crippen molar-refractivity contribution in [2.75, 3.05) is 13.7 Å². The van der Waals surface area contributed by atoms with E-state index in [1.807, 2.05) is 6.07 Å². The van der Waals surface area contributed by atoms with Crippen LogP contribution in [0.15, 0.2) is 18.2 Å². The highest BCUT2D eigenvalue weighted by Crippen LogP contribution is 2.22. The molecule has 0 aliphatic carbocycles. The Morgan fingerprint density at radius 1 is 1.61 bits per heavy atom. The van der Waals surface area contributed by atoms with Crippen molar-refractivity contribution in [3.8, 4) is 11.8 Å². The topological polar surface area (TPSA) is 79.6 Å². The predicted octanol–water partition coefficient (Wildman–Crippen LogP) is 1.51. The van der Waals surface area contributed by atoms with Gasteiger partial charge in [0.1, 0.15) is 18.4 Å². The zero-order valence-corrected chi connectivity index (χ0v) is 10.7. The lowest BCUT2D eigenvalue weighted by molar-refractivity contribution is -0.163. The van der Waals surface area contributed by atoms with Gasteiger partial charge in [-0.1, -0.05) is 11.6 Å². The van der Waals surface area contributed by atoms with Crippen molar-refractivity contribution in [3.63, 3.8) is 0 Å². The summed E-state index contributed by atoms with van der Waals surface area (Å²) < 4.78 is 9.66. The van der Waals surface area contributed by atoms with Gasteiger partial charge in [0, 0.05) is 6.07 Å². The summed E-state index contributed by atoms with van der Waals surface area (Å²) in [5.41, 5.74) is -1.42. The van der Waals surface area contributed by atoms with Gasteiger partial charge < -0.3 is 14.6 Å². The Balaban J connectivity index is 2.73. The van der Waals surface area contributed by atoms with Gasteiger partial charge in [0.25, 0.3) is 0 Å². The van der Waals surface area contributed by atoms with E-state index in [9.17, 15) is 9.90 Å². The molecule has 0 amide bonds. The molecule has 0 aliphatic rings. The Morgan fingerprint density at radius 3 is 2.78 bits per heavy atom. The zero-order chi connectivity index (χ0) is 13.8. The number of ether oxygens (including phenoxy) is 2. The normalized spacial score (nSPS) is 13.3. The van der Waals surface area contributed by atoms with Crippen LogP contribution in [0.2, 0.25) is 5.02 Å². The molecular weight excluding hydrogens is 258 g/mol. The van der Waals surface area contributed by atoms with Crippen LogP contribution in [-0.4, -0.2) is 30.4 Å². The van der Waals surface area contributed by atoms with Gasteiger partial charge >= 0.3 is 5.97 Å². The van der Waals surface area contributed by atoms with Gasteiger partial charge in [-0.2, -0.15) is 5.26 Å². The van der Waals surface area contributed by atoms with Gasteiger partial charge in [-0.05, 0) is 19.1 Å². The van der Waals surface area contributed by atoms with Crippen molar-refractivity contribution in [1.29, 1.82) is 5.26 Å². The average molecular weight is 270 g/mol. The maximum absolute atomic E-state index is 11.2. The molecule has 0 heterocycles. The summed E-state index contributed by atoms with van der Waals surface area (Å²) in [7, 11) is 1.18. The van der Waals surface area contributed by atoms with Crippen molar-refractivity contribution in [3.05, 3.63) is 28.8 Å². The van der Waals surface area contributed by atoms with Crippen LogP contribution < -0.4 is 4.74 Å². The molecule has 0 aliphatic heterocycles. The van der Waals surface area contributed by atoms with Gasteiger partial charge in [-0.15, -0.1) is 0 Å². The SMILES string of the molecule is COC(=O)C(C)(O)COc1ccc(C#N)c(Cl)c1. The monoisotopic (exact) mass is 269 g/mol. The highest BCUT2D eigenvalue weighted by Gasteiger charge is 2.32. The molecule has 0 saturated carbocycles. The van der Waals surface area contributed by atoms with Gasteiger partial charge in [-0.25, -0.2) is 4.79 Å². The number of carbonyl (C=O) groups excluding carboxylic acids is 1. The molecule has 1 rings (SSSR count). The Morgan fingerprint density at radius 2 is 2.28 bits per heavy atom. The molecule has 1 N–H and O–H groups in total. The number of esters is 1. The van der Waals surface area contributed by atoms with Crippen LogP contribution >= 0.6 is 11.6 Å². The maximum atomic E-state index is 11.2. The molecule has 96 valence electrons. The summed E-state index contributed by atoms with van der Waals surface area (Å²) >= 11 is 5.81. The van der Waals surface area contributed by atoms with E-state index in [1.165, 1.54) is 32.2 Å². The number of halogens is 1. The lowest BCUT2D eigenvalue weighted by Crippen LogP contribution is -2.42. The molecule has 0 radical (unpaired) electrons. The van der Waals surface area contributed by atoms with Crippen molar-refractivity contribution in [2.45, 2.75) is 12.5 Å². The Bertz CT molecular complexity index is 493. The van der Waals surface area contributed by atoms with Crippen LogP contribution in [0.5, 0.6) is 5.75 Å². The molecule has 0 spiro atoms. The van der Waals surface area contributed by atoms with E-state index >= 15 is 0 Å². The number of hydrogen-bond acceptors (Lipinski definition) is 5. The summed E-state index contributed by atoms with van der Waals surface area (Å²) in [5, 5.41) is 18.7. The third-order valence-corrected chi connectivity index (χ3v) is 2.52. The number of rotatable bonds is 4. The smallest absolute Gasteiger partial charge is 0.341 e. The molecule has 0 saturated heterocycles. The summed E-state index contributed by atoms with van der Waals surface area (Å²) in [4.78, 5) is 11.2. The molecule has 6 heteroatoms. The molecule has 1 atom stereocenters. The molecular formula is C12H12ClNO4. The van der Waals surface area contributed by atoms with Gasteiger partial charge in [0.05, 0.1) is 17.7 Å². The molecule has 1 aromatic carbocycles. The molecule has 0 fully saturated rings. The minimum atomic E-state index is -1.74. The minimum absolute atomic E-state index is 0.243. The van der Waals surface area contributed by atoms with E-state index in [1.54, 1.807) is 0 Å². The van der Waals surface area contributed by atoms with Crippen molar-refractivity contribution in [1.82, 2.24) is 0 Å². The second-order valence-electron chi connectivity index (χ2n) is 3.81. The quantitative estimate of drug-likeness (QED) is 0.838. The summed E-state index contributed by atoms with van der Waals surface area (Å²) in [6.07, 6.45) is 0. The maximum Gasteiger partial charge on any atom is 0.341 e. The van der Waals surface area contributed by atoms with E-state index in [0.29, 0.717) is 11.3 Å². The molecule has 0 bridgehead atoms. The first-order valence-corrected chi connectivity index (χ1v) is 5.42. The molecule has 1 aromatic rings. The van der Waals surface area contributed by atoms with Gasteiger partial charge in [0.2, 0.25) is 0 Å². The average Bonchev–Trinajstić information content (AvgIpc) is 2.35. The van der Waals surface area contributed by atoms with Crippen LogP contribution in [-0.2, 0) is 9.53 Å². The Labute approximate surface area is 109 Å². The van der Waals surface area contributed by atoms with Crippen molar-refractivity contribution in [2.24, 2.45) is 0 Å². The van der Waals surface area contributed by atoms with Gasteiger partial charge in [-0.3, -0.25) is 0 Å². The van der Waals surface area contributed by atoms with Gasteiger partial charge in [0.15, 0.2) is 5.60 Å². The fourth-order valence-corrected chi connectivity index (χ4v) is 1.39. The third-order valence-electron chi connectivity index (χ3n) is 2.21. The number of nitriles is 1. The summed E-state index contributed by atoms with van der Waals surface area (Å²) in [5.74, 6) is -0.439. The van der Waals surface area contributed by atoms with Crippen LogP contribution in [0, 0.1) is 11.3 Å². The second kappa shape index (κ2) is 5.71. The third kappa shape index (κ3) is 3.36. The number of benzene rings is 1. The number of carbonyl (C=O) groups is 1. The van der Waals surface area contributed by atoms with Crippen LogP contribution in [0.3, 0.4) is 0 Å². The van der Waals surface area contributed by atoms with E-state index < -0.39 is 11.6 Å². The summed E-state index contributed by atoms with van der Waals surface area (Å²) in [6.45, 7) is 1.01. The Kier molecular flexibility index (Phi) is 4.54. The minimum Gasteiger partial charge on any atom is -0.490 e. The molecule has 0 aromatic heterocycles. The molecule has 18 heavy (non-hydrogen) atoms. The fourth-order valence-electron chi connectivity index (χ4n) is 1.18. The van der Waals surface area contributed by atoms with Crippen LogP contribution in [0.1, 0.15) is 12.5 Å². The van der Waals surface area contributed by atoms with Crippen LogP contribution in [0.4, 0.5) is 0 Å². The van der Waals surface area contributed by atoms with E-state index in [0.717, 1.165) is 0 Å². The van der Waals surface area contributed by atoms with Crippen molar-refractivity contribution < 1.29 is 19.4 Å². The lowest BCUT2D eigenvalue weighted by atomic mass is 10.1. The van der Waals surface area contributed by atoms with E-state index in [2.05, 4.69) is 4.74 Å². The fraction of sp³-hybridized carbons (Fsp3) is 0.333. The summed E-state index contributed by atoms with van der Waals surface area (Å²) in [6, 6.07) is 6.37. The predicted molar refractivity (Wildman–Crippen MR) is 64.3 cm³/mol. The number of nitrogens with zero attached hydrogens (tertiary/aromatic N) is 1. The number of methoxy groups -OCH3 is 1. The molecule has 5 nitrogen and oxygen atoms in total. The number of aliphatic hydroxyl groups is 1. The highest BCUT2D eigenvalue weighted by atomic mass is 35.5. The highest BCUT2D eigenvalue weighted by molar-refractivity contribution is 6.31. The Hall–Kier alpha value is -1.77. The number of hydrogen-bond donors (Lipinski definition) is 1.